The summed E-state index contributed by atoms with van der Waals surface area (Å²) in [6, 6.07) is 12.4. The van der Waals surface area contributed by atoms with Crippen LogP contribution in [-0.4, -0.2) is 48.9 Å². The fourth-order valence-corrected chi connectivity index (χ4v) is 4.61. The lowest BCUT2D eigenvalue weighted by Crippen LogP contribution is -2.41. The molecule has 0 radical (unpaired) electrons. The van der Waals surface area contributed by atoms with Gasteiger partial charge in [0.1, 0.15) is 0 Å². The van der Waals surface area contributed by atoms with Gasteiger partial charge in [0.05, 0.1) is 23.7 Å². The minimum absolute atomic E-state index is 0.380. The standard InChI is InChI=1S/C21H27N5O2S/c1-15-16(5-3-7-20(15)25-29(2,27)28)13-26-10-4-6-19(14-26)23-18-8-9-21-17(11-18)12-22-24-21/h3,5,7-9,11-12,19,23,25H,4,6,10,13-14H2,1-2H3,(H,22,24). The van der Waals surface area contributed by atoms with Crippen LogP contribution in [0.15, 0.2) is 42.6 Å². The van der Waals surface area contributed by atoms with Gasteiger partial charge in [-0.2, -0.15) is 5.10 Å². The quantitative estimate of drug-likeness (QED) is 0.577. The maximum absolute atomic E-state index is 11.6. The molecule has 1 aliphatic rings. The molecule has 1 aliphatic heterocycles. The Morgan fingerprint density at radius 2 is 2.14 bits per heavy atom. The van der Waals surface area contributed by atoms with Crippen molar-refractivity contribution in [1.29, 1.82) is 0 Å². The second-order valence-corrected chi connectivity index (χ2v) is 9.60. The molecule has 2 heterocycles. The molecule has 1 saturated heterocycles. The van der Waals surface area contributed by atoms with E-state index in [-0.39, 0.29) is 0 Å². The number of hydrogen-bond acceptors (Lipinski definition) is 5. The van der Waals surface area contributed by atoms with Crippen molar-refractivity contribution in [2.75, 3.05) is 29.4 Å². The zero-order chi connectivity index (χ0) is 20.4. The van der Waals surface area contributed by atoms with Gasteiger partial charge in [-0.25, -0.2) is 8.42 Å². The number of benzene rings is 2. The molecule has 7 nitrogen and oxygen atoms in total. The predicted molar refractivity (Wildman–Crippen MR) is 118 cm³/mol. The number of fused-ring (bicyclic) bond motifs is 1. The summed E-state index contributed by atoms with van der Waals surface area (Å²) in [5.74, 6) is 0. The Morgan fingerprint density at radius 1 is 1.28 bits per heavy atom. The molecule has 3 N–H and O–H groups in total. The monoisotopic (exact) mass is 413 g/mol. The van der Waals surface area contributed by atoms with Crippen molar-refractivity contribution in [1.82, 2.24) is 15.1 Å². The summed E-state index contributed by atoms with van der Waals surface area (Å²) >= 11 is 0. The van der Waals surface area contributed by atoms with E-state index in [2.05, 4.69) is 49.4 Å². The summed E-state index contributed by atoms with van der Waals surface area (Å²) in [5, 5.41) is 11.8. The van der Waals surface area contributed by atoms with Crippen LogP contribution in [0, 0.1) is 6.92 Å². The van der Waals surface area contributed by atoms with Crippen LogP contribution in [0.2, 0.25) is 0 Å². The minimum Gasteiger partial charge on any atom is -0.381 e. The lowest BCUT2D eigenvalue weighted by molar-refractivity contribution is 0.208. The maximum Gasteiger partial charge on any atom is 0.229 e. The summed E-state index contributed by atoms with van der Waals surface area (Å²) in [6.45, 7) is 4.78. The van der Waals surface area contributed by atoms with Crippen molar-refractivity contribution in [3.63, 3.8) is 0 Å². The van der Waals surface area contributed by atoms with Gasteiger partial charge < -0.3 is 5.32 Å². The van der Waals surface area contributed by atoms with Gasteiger partial charge in [-0.15, -0.1) is 0 Å². The Morgan fingerprint density at radius 3 is 2.97 bits per heavy atom. The average molecular weight is 414 g/mol. The van der Waals surface area contributed by atoms with E-state index in [1.165, 1.54) is 6.26 Å². The average Bonchev–Trinajstić information content (AvgIpc) is 3.12. The molecule has 0 bridgehead atoms. The van der Waals surface area contributed by atoms with E-state index >= 15 is 0 Å². The van der Waals surface area contributed by atoms with Crippen molar-refractivity contribution >= 4 is 32.3 Å². The first-order valence-electron chi connectivity index (χ1n) is 9.86. The molecule has 0 spiro atoms. The molecule has 0 amide bonds. The Balaban J connectivity index is 1.43. The van der Waals surface area contributed by atoms with Gasteiger partial charge in [0.15, 0.2) is 0 Å². The van der Waals surface area contributed by atoms with E-state index in [1.54, 1.807) is 0 Å². The van der Waals surface area contributed by atoms with Crippen molar-refractivity contribution < 1.29 is 8.42 Å². The lowest BCUT2D eigenvalue weighted by atomic mass is 10.0. The van der Waals surface area contributed by atoms with Crippen LogP contribution in [0.4, 0.5) is 11.4 Å². The van der Waals surface area contributed by atoms with Gasteiger partial charge in [-0.1, -0.05) is 12.1 Å². The van der Waals surface area contributed by atoms with Gasteiger partial charge in [0.2, 0.25) is 10.0 Å². The van der Waals surface area contributed by atoms with E-state index in [0.29, 0.717) is 11.7 Å². The summed E-state index contributed by atoms with van der Waals surface area (Å²) in [7, 11) is -3.28. The highest BCUT2D eigenvalue weighted by atomic mass is 32.2. The van der Waals surface area contributed by atoms with Gasteiger partial charge in [0.25, 0.3) is 0 Å². The predicted octanol–water partition coefficient (Wildman–Crippen LogP) is 3.32. The van der Waals surface area contributed by atoms with Crippen LogP contribution in [0.3, 0.4) is 0 Å². The number of anilines is 2. The lowest BCUT2D eigenvalue weighted by Gasteiger charge is -2.34. The first-order chi connectivity index (χ1) is 13.9. The van der Waals surface area contributed by atoms with Crippen LogP contribution in [-0.2, 0) is 16.6 Å². The highest BCUT2D eigenvalue weighted by Gasteiger charge is 2.21. The Kier molecular flexibility index (Phi) is 5.47. The molecule has 0 aliphatic carbocycles. The fraction of sp³-hybridized carbons (Fsp3) is 0.381. The third-order valence-electron chi connectivity index (χ3n) is 5.45. The number of H-pyrrole nitrogens is 1. The second-order valence-electron chi connectivity index (χ2n) is 7.85. The number of nitrogens with one attached hydrogen (secondary N) is 3. The molecule has 1 unspecified atom stereocenters. The normalized spacial score (nSPS) is 18.1. The molecule has 1 atom stereocenters. The minimum atomic E-state index is -3.28. The number of hydrogen-bond donors (Lipinski definition) is 3. The van der Waals surface area contributed by atoms with E-state index in [4.69, 9.17) is 0 Å². The third-order valence-corrected chi connectivity index (χ3v) is 6.04. The first kappa shape index (κ1) is 19.7. The summed E-state index contributed by atoms with van der Waals surface area (Å²) < 4.78 is 25.8. The molecule has 154 valence electrons. The fourth-order valence-electron chi connectivity index (χ4n) is 3.99. The van der Waals surface area contributed by atoms with Crippen LogP contribution in [0.5, 0.6) is 0 Å². The largest absolute Gasteiger partial charge is 0.381 e. The van der Waals surface area contributed by atoms with Crippen LogP contribution < -0.4 is 10.0 Å². The van der Waals surface area contributed by atoms with Gasteiger partial charge in [-0.3, -0.25) is 14.7 Å². The summed E-state index contributed by atoms with van der Waals surface area (Å²) in [6.07, 6.45) is 5.29. The molecular formula is C21H27N5O2S. The first-order valence-corrected chi connectivity index (χ1v) is 11.7. The zero-order valence-electron chi connectivity index (χ0n) is 16.8. The SMILES string of the molecule is Cc1c(CN2CCCC(Nc3ccc4[nH]ncc4c3)C2)cccc1NS(C)(=O)=O. The van der Waals surface area contributed by atoms with E-state index in [0.717, 1.165) is 60.2 Å². The highest BCUT2D eigenvalue weighted by Crippen LogP contribution is 2.24. The van der Waals surface area contributed by atoms with Crippen molar-refractivity contribution in [3.8, 4) is 0 Å². The molecule has 2 aromatic carbocycles. The van der Waals surface area contributed by atoms with Crippen LogP contribution in [0.25, 0.3) is 10.9 Å². The van der Waals surface area contributed by atoms with Crippen molar-refractivity contribution in [2.45, 2.75) is 32.4 Å². The smallest absolute Gasteiger partial charge is 0.229 e. The van der Waals surface area contributed by atoms with E-state index < -0.39 is 10.0 Å². The Bertz CT molecular complexity index is 1110. The third kappa shape index (κ3) is 4.89. The van der Waals surface area contributed by atoms with Crippen LogP contribution >= 0.6 is 0 Å². The number of likely N-dealkylation sites (tertiary alicyclic amines) is 1. The summed E-state index contributed by atoms with van der Waals surface area (Å²) in [4.78, 5) is 2.43. The van der Waals surface area contributed by atoms with E-state index in [9.17, 15) is 8.42 Å². The molecule has 29 heavy (non-hydrogen) atoms. The topological polar surface area (TPSA) is 90.1 Å². The molecule has 1 fully saturated rings. The number of aromatic nitrogens is 2. The van der Waals surface area contributed by atoms with Gasteiger partial charge in [0, 0.05) is 30.2 Å². The maximum atomic E-state index is 11.6. The van der Waals surface area contributed by atoms with Crippen molar-refractivity contribution in [2.24, 2.45) is 0 Å². The summed E-state index contributed by atoms with van der Waals surface area (Å²) in [5.41, 5.74) is 4.95. The number of nitrogens with zero attached hydrogens (tertiary/aromatic N) is 2. The Hall–Kier alpha value is -2.58. The molecule has 3 aromatic rings. The molecule has 1 aromatic heterocycles. The van der Waals surface area contributed by atoms with Crippen molar-refractivity contribution in [3.05, 3.63) is 53.7 Å². The van der Waals surface area contributed by atoms with Gasteiger partial charge >= 0.3 is 0 Å². The number of sulfonamides is 1. The zero-order valence-corrected chi connectivity index (χ0v) is 17.6. The Labute approximate surface area is 171 Å². The number of rotatable bonds is 6. The molecule has 0 saturated carbocycles. The molecule has 4 rings (SSSR count). The second kappa shape index (κ2) is 8.04. The molecule has 8 heteroatoms. The number of piperidine rings is 1. The van der Waals surface area contributed by atoms with E-state index in [1.807, 2.05) is 25.3 Å². The van der Waals surface area contributed by atoms with Crippen LogP contribution in [0.1, 0.15) is 24.0 Å². The highest BCUT2D eigenvalue weighted by molar-refractivity contribution is 7.92. The number of aromatic amines is 1. The van der Waals surface area contributed by atoms with Gasteiger partial charge in [-0.05, 0) is 61.7 Å². The molecular weight excluding hydrogens is 386 g/mol.